The lowest BCUT2D eigenvalue weighted by molar-refractivity contribution is -0.275. The Kier molecular flexibility index (Phi) is 10.4. The van der Waals surface area contributed by atoms with Crippen molar-refractivity contribution in [3.63, 3.8) is 0 Å². The van der Waals surface area contributed by atoms with E-state index in [1.807, 2.05) is 0 Å². The molecule has 0 saturated heterocycles. The van der Waals surface area contributed by atoms with Gasteiger partial charge in [-0.2, -0.15) is 10.2 Å². The molecule has 10 nitrogen and oxygen atoms in total. The van der Waals surface area contributed by atoms with Crippen LogP contribution in [0.2, 0.25) is 0 Å². The van der Waals surface area contributed by atoms with E-state index in [0.717, 1.165) is 54.9 Å². The Labute approximate surface area is 269 Å². The summed E-state index contributed by atoms with van der Waals surface area (Å²) in [6.45, 7) is 0. The van der Waals surface area contributed by atoms with Crippen molar-refractivity contribution in [3.8, 4) is 11.5 Å². The van der Waals surface area contributed by atoms with E-state index >= 15 is 0 Å². The molecule has 0 bridgehead atoms. The van der Waals surface area contributed by atoms with E-state index in [-0.39, 0.29) is 36.3 Å². The Morgan fingerprint density at radius 2 is 1.08 bits per heavy atom. The standard InChI is InChI=1S/C32H28F6N6O4/c33-31(34,35)47-23-8-1-4-19(14-23)16-29(45)39-27-12-10-25(41-43-27)21-6-3-7-22(18-21)26-11-13-28(44-42-26)40-30(46)17-20-5-2-9-24(15-20)48-32(36,37)38/h1-2,4-5,8-15,21-22H,3,6-7,16-18H2,(H,39,43,45)(H,40,44,46)/t21-,22+. The fourth-order valence-corrected chi connectivity index (χ4v) is 5.43. The van der Waals surface area contributed by atoms with Crippen LogP contribution in [0.1, 0.15) is 60.0 Å². The van der Waals surface area contributed by atoms with Crippen LogP contribution >= 0.6 is 0 Å². The molecular weight excluding hydrogens is 646 g/mol. The van der Waals surface area contributed by atoms with Crippen molar-refractivity contribution >= 4 is 23.5 Å². The van der Waals surface area contributed by atoms with Crippen LogP contribution in [0.3, 0.4) is 0 Å². The van der Waals surface area contributed by atoms with Crippen LogP contribution in [-0.4, -0.2) is 44.9 Å². The number of aromatic nitrogens is 4. The van der Waals surface area contributed by atoms with Crippen molar-refractivity contribution in [2.75, 3.05) is 10.6 Å². The van der Waals surface area contributed by atoms with E-state index in [1.165, 1.54) is 24.3 Å². The van der Waals surface area contributed by atoms with Crippen LogP contribution < -0.4 is 20.1 Å². The number of rotatable bonds is 10. The minimum Gasteiger partial charge on any atom is -0.406 e. The molecule has 2 aromatic carbocycles. The molecule has 2 heterocycles. The molecular formula is C32H28F6N6O4. The van der Waals surface area contributed by atoms with Gasteiger partial charge in [-0.3, -0.25) is 9.59 Å². The molecule has 2 atom stereocenters. The van der Waals surface area contributed by atoms with E-state index in [9.17, 15) is 35.9 Å². The van der Waals surface area contributed by atoms with Crippen molar-refractivity contribution in [1.82, 2.24) is 20.4 Å². The van der Waals surface area contributed by atoms with Gasteiger partial charge in [-0.05, 0) is 78.9 Å². The number of nitrogens with one attached hydrogen (secondary N) is 2. The predicted octanol–water partition coefficient (Wildman–Crippen LogP) is 6.87. The lowest BCUT2D eigenvalue weighted by atomic mass is 9.78. The molecule has 48 heavy (non-hydrogen) atoms. The molecule has 2 N–H and O–H groups in total. The number of halogens is 6. The molecule has 2 amide bonds. The zero-order valence-electron chi connectivity index (χ0n) is 25.0. The number of hydrogen-bond donors (Lipinski definition) is 2. The minimum atomic E-state index is -4.84. The maximum Gasteiger partial charge on any atom is 0.573 e. The number of carbonyl (C=O) groups is 2. The fourth-order valence-electron chi connectivity index (χ4n) is 5.43. The maximum absolute atomic E-state index is 12.5. The van der Waals surface area contributed by atoms with Gasteiger partial charge in [0.1, 0.15) is 11.5 Å². The first-order valence-electron chi connectivity index (χ1n) is 14.7. The zero-order valence-corrected chi connectivity index (χ0v) is 25.0. The SMILES string of the molecule is O=C(Cc1cccc(OC(F)(F)F)c1)Nc1ccc([C@@H]2CCC[C@H](c3ccc(NC(=O)Cc4cccc(OC(F)(F)F)c4)nn3)C2)nn1. The van der Waals surface area contributed by atoms with Gasteiger partial charge in [0.05, 0.1) is 24.2 Å². The van der Waals surface area contributed by atoms with Gasteiger partial charge < -0.3 is 20.1 Å². The minimum absolute atomic E-state index is 0.0654. The van der Waals surface area contributed by atoms with Crippen LogP contribution in [0.25, 0.3) is 0 Å². The number of alkyl halides is 6. The van der Waals surface area contributed by atoms with E-state index in [0.29, 0.717) is 17.5 Å². The Bertz CT molecular complexity index is 1590. The Balaban J connectivity index is 1.11. The molecule has 252 valence electrons. The first-order valence-corrected chi connectivity index (χ1v) is 14.7. The van der Waals surface area contributed by atoms with Crippen molar-refractivity contribution in [2.24, 2.45) is 0 Å². The quantitative estimate of drug-likeness (QED) is 0.175. The molecule has 0 aliphatic heterocycles. The molecule has 16 heteroatoms. The number of nitrogens with zero attached hydrogens (tertiary/aromatic N) is 4. The lowest BCUT2D eigenvalue weighted by Gasteiger charge is -2.28. The highest BCUT2D eigenvalue weighted by molar-refractivity contribution is 5.91. The molecule has 1 fully saturated rings. The van der Waals surface area contributed by atoms with Gasteiger partial charge in [-0.1, -0.05) is 30.7 Å². The third-order valence-corrected chi connectivity index (χ3v) is 7.41. The molecule has 0 unspecified atom stereocenters. The Morgan fingerprint density at radius 3 is 1.46 bits per heavy atom. The summed E-state index contributed by atoms with van der Waals surface area (Å²) in [5, 5.41) is 22.0. The number of ether oxygens (including phenoxy) is 2. The number of carbonyl (C=O) groups excluding carboxylic acids is 2. The number of hydrogen-bond acceptors (Lipinski definition) is 8. The third-order valence-electron chi connectivity index (χ3n) is 7.41. The van der Waals surface area contributed by atoms with Crippen LogP contribution in [0, 0.1) is 0 Å². The Hall–Kier alpha value is -5.28. The van der Waals surface area contributed by atoms with Crippen molar-refractivity contribution in [1.29, 1.82) is 0 Å². The van der Waals surface area contributed by atoms with Gasteiger partial charge in [0.25, 0.3) is 0 Å². The van der Waals surface area contributed by atoms with E-state index in [2.05, 4.69) is 40.5 Å². The number of amides is 2. The second-order valence-corrected chi connectivity index (χ2v) is 11.1. The number of benzene rings is 2. The lowest BCUT2D eigenvalue weighted by Crippen LogP contribution is -2.19. The first-order chi connectivity index (χ1) is 22.8. The van der Waals surface area contributed by atoms with E-state index < -0.39 is 36.0 Å². The average Bonchev–Trinajstić information content (AvgIpc) is 3.00. The third kappa shape index (κ3) is 10.4. The highest BCUT2D eigenvalue weighted by atomic mass is 19.4. The topological polar surface area (TPSA) is 128 Å². The zero-order chi connectivity index (χ0) is 34.3. The van der Waals surface area contributed by atoms with Gasteiger partial charge in [0.15, 0.2) is 11.6 Å². The van der Waals surface area contributed by atoms with Crippen LogP contribution in [0.15, 0.2) is 72.8 Å². The van der Waals surface area contributed by atoms with Crippen molar-refractivity contribution in [2.45, 2.75) is 63.1 Å². The molecule has 2 aromatic heterocycles. The summed E-state index contributed by atoms with van der Waals surface area (Å²) < 4.78 is 82.7. The smallest absolute Gasteiger partial charge is 0.406 e. The van der Waals surface area contributed by atoms with Gasteiger partial charge in [-0.25, -0.2) is 0 Å². The first kappa shape index (κ1) is 34.1. The highest BCUT2D eigenvalue weighted by Crippen LogP contribution is 2.40. The Morgan fingerprint density at radius 1 is 0.646 bits per heavy atom. The van der Waals surface area contributed by atoms with Crippen molar-refractivity contribution < 1.29 is 45.4 Å². The second-order valence-electron chi connectivity index (χ2n) is 11.1. The molecule has 1 aliphatic rings. The van der Waals surface area contributed by atoms with Gasteiger partial charge in [-0.15, -0.1) is 36.5 Å². The van der Waals surface area contributed by atoms with E-state index in [4.69, 9.17) is 0 Å². The van der Waals surface area contributed by atoms with Gasteiger partial charge >= 0.3 is 12.7 Å². The van der Waals surface area contributed by atoms with E-state index in [1.54, 1.807) is 24.3 Å². The summed E-state index contributed by atoms with van der Waals surface area (Å²) >= 11 is 0. The summed E-state index contributed by atoms with van der Waals surface area (Å²) in [5.74, 6) is -1.28. The van der Waals surface area contributed by atoms with Crippen LogP contribution in [0.4, 0.5) is 38.0 Å². The maximum atomic E-state index is 12.5. The largest absolute Gasteiger partial charge is 0.573 e. The summed E-state index contributed by atoms with van der Waals surface area (Å²) in [7, 11) is 0. The molecule has 1 saturated carbocycles. The monoisotopic (exact) mass is 674 g/mol. The molecule has 5 rings (SSSR count). The van der Waals surface area contributed by atoms with Crippen molar-refractivity contribution in [3.05, 3.63) is 95.3 Å². The van der Waals surface area contributed by atoms with Gasteiger partial charge in [0, 0.05) is 11.8 Å². The molecule has 0 radical (unpaired) electrons. The van der Waals surface area contributed by atoms with Gasteiger partial charge in [0.2, 0.25) is 11.8 Å². The summed E-state index contributed by atoms with van der Waals surface area (Å²) in [4.78, 5) is 24.9. The predicted molar refractivity (Wildman–Crippen MR) is 159 cm³/mol. The summed E-state index contributed by atoms with van der Waals surface area (Å²) in [6.07, 6.45) is -6.72. The molecule has 0 spiro atoms. The molecule has 4 aromatic rings. The van der Waals surface area contributed by atoms with Crippen LogP contribution in [-0.2, 0) is 22.4 Å². The van der Waals surface area contributed by atoms with Crippen LogP contribution in [0.5, 0.6) is 11.5 Å². The second kappa shape index (κ2) is 14.6. The normalized spacial score (nSPS) is 16.5. The highest BCUT2D eigenvalue weighted by Gasteiger charge is 2.32. The number of anilines is 2. The summed E-state index contributed by atoms with van der Waals surface area (Å²) in [6, 6.07) is 17.1. The average molecular weight is 675 g/mol. The summed E-state index contributed by atoms with van der Waals surface area (Å²) in [5.41, 5.74) is 2.12. The fraction of sp³-hybridized carbons (Fsp3) is 0.312. The molecule has 1 aliphatic carbocycles.